The molecule has 1 rings (SSSR count). The van der Waals surface area contributed by atoms with Gasteiger partial charge in [0.25, 0.3) is 0 Å². The van der Waals surface area contributed by atoms with Crippen LogP contribution in [0.25, 0.3) is 0 Å². The molecule has 0 aliphatic carbocycles. The van der Waals surface area contributed by atoms with Crippen LogP contribution in [-0.2, 0) is 0 Å². The molecule has 0 radical (unpaired) electrons. The number of rotatable bonds is 2. The smallest absolute Gasteiger partial charge is 0.170 e. The third-order valence-electron chi connectivity index (χ3n) is 1.35. The van der Waals surface area contributed by atoms with Gasteiger partial charge in [0, 0.05) is 6.21 Å². The largest absolute Gasteiger partial charge is 0.347 e. The summed E-state index contributed by atoms with van der Waals surface area (Å²) in [7, 11) is 0. The van der Waals surface area contributed by atoms with Crippen LogP contribution < -0.4 is 10.6 Å². The number of nitrogens with zero attached hydrogens (tertiary/aromatic N) is 2. The van der Waals surface area contributed by atoms with Crippen molar-refractivity contribution in [3.05, 3.63) is 11.6 Å². The molecule has 4 nitrogen and oxygen atoms in total. The lowest BCUT2D eigenvalue weighted by atomic mass is 10.6. The van der Waals surface area contributed by atoms with Crippen LogP contribution >= 0.6 is 0 Å². The van der Waals surface area contributed by atoms with Crippen LogP contribution in [-0.4, -0.2) is 19.1 Å². The van der Waals surface area contributed by atoms with Gasteiger partial charge in [0.05, 0.1) is 6.17 Å². The van der Waals surface area contributed by atoms with E-state index in [4.69, 9.17) is 0 Å². The van der Waals surface area contributed by atoms with Gasteiger partial charge in [-0.1, -0.05) is 0 Å². The molecule has 1 aliphatic heterocycles. The molecule has 2 N–H and O–H groups in total. The van der Waals surface area contributed by atoms with Crippen LogP contribution in [0.1, 0.15) is 13.8 Å². The molecule has 0 spiro atoms. The minimum Gasteiger partial charge on any atom is -0.347 e. The summed E-state index contributed by atoms with van der Waals surface area (Å²) in [6, 6.07) is 0. The number of hydrogen-bond donors (Lipinski definition) is 2. The van der Waals surface area contributed by atoms with E-state index in [1.165, 1.54) is 0 Å². The first-order chi connectivity index (χ1) is 5.27. The average Bonchev–Trinajstić information content (AvgIpc) is 2.32. The van der Waals surface area contributed by atoms with E-state index in [0.717, 1.165) is 11.6 Å². The lowest BCUT2D eigenvalue weighted by Crippen LogP contribution is -2.28. The molecule has 1 aliphatic rings. The zero-order chi connectivity index (χ0) is 8.27. The standard InChI is InChI=1S/C7H12N4/c1-4-9-7-6(8-3)10-5(2)11-7/h4-5,10-11H,3H2,1-2H3/t5-/m0/s1. The van der Waals surface area contributed by atoms with Gasteiger partial charge in [0.1, 0.15) is 0 Å². The molecular weight excluding hydrogens is 140 g/mol. The van der Waals surface area contributed by atoms with E-state index in [-0.39, 0.29) is 6.17 Å². The molecule has 0 saturated carbocycles. The summed E-state index contributed by atoms with van der Waals surface area (Å²) in [5, 5.41) is 6.16. The third kappa shape index (κ3) is 1.58. The average molecular weight is 152 g/mol. The fourth-order valence-corrected chi connectivity index (χ4v) is 0.931. The lowest BCUT2D eigenvalue weighted by Gasteiger charge is -2.03. The summed E-state index contributed by atoms with van der Waals surface area (Å²) < 4.78 is 0. The molecule has 0 aromatic heterocycles. The topological polar surface area (TPSA) is 48.8 Å². The van der Waals surface area contributed by atoms with Crippen molar-refractivity contribution >= 4 is 12.9 Å². The molecule has 0 unspecified atom stereocenters. The van der Waals surface area contributed by atoms with Crippen LogP contribution in [0, 0.1) is 0 Å². The van der Waals surface area contributed by atoms with Gasteiger partial charge in [-0.25, -0.2) is 9.98 Å². The maximum atomic E-state index is 4.07. The van der Waals surface area contributed by atoms with Gasteiger partial charge in [-0.15, -0.1) is 0 Å². The molecule has 0 saturated heterocycles. The SMILES string of the molecule is C=NC1=C(N=CC)N[C@@H](C)N1. The minimum absolute atomic E-state index is 0.189. The third-order valence-corrected chi connectivity index (χ3v) is 1.35. The van der Waals surface area contributed by atoms with E-state index in [2.05, 4.69) is 27.3 Å². The van der Waals surface area contributed by atoms with Crippen LogP contribution in [0.4, 0.5) is 0 Å². The van der Waals surface area contributed by atoms with Gasteiger partial charge in [-0.05, 0) is 20.6 Å². The molecule has 4 heteroatoms. The fourth-order valence-electron chi connectivity index (χ4n) is 0.931. The summed E-state index contributed by atoms with van der Waals surface area (Å²) in [5.74, 6) is 1.48. The Bertz CT molecular complexity index is 216. The zero-order valence-electron chi connectivity index (χ0n) is 6.76. The van der Waals surface area contributed by atoms with Gasteiger partial charge in [-0.3, -0.25) is 0 Å². The molecule has 0 amide bonds. The van der Waals surface area contributed by atoms with E-state index >= 15 is 0 Å². The maximum Gasteiger partial charge on any atom is 0.170 e. The first-order valence-corrected chi connectivity index (χ1v) is 3.50. The Hall–Kier alpha value is -1.32. The second-order valence-corrected chi connectivity index (χ2v) is 2.25. The highest BCUT2D eigenvalue weighted by molar-refractivity contribution is 5.55. The molecule has 1 heterocycles. The predicted octanol–water partition coefficient (Wildman–Crippen LogP) is 0.443. The Balaban J connectivity index is 2.79. The molecule has 60 valence electrons. The van der Waals surface area contributed by atoms with Gasteiger partial charge >= 0.3 is 0 Å². The van der Waals surface area contributed by atoms with Crippen molar-refractivity contribution in [3.8, 4) is 0 Å². The highest BCUT2D eigenvalue weighted by atomic mass is 15.3. The summed E-state index contributed by atoms with van der Waals surface area (Å²) in [4.78, 5) is 7.85. The van der Waals surface area contributed by atoms with Crippen molar-refractivity contribution in [1.29, 1.82) is 0 Å². The van der Waals surface area contributed by atoms with E-state index in [1.54, 1.807) is 6.21 Å². The zero-order valence-corrected chi connectivity index (χ0v) is 6.76. The summed E-state index contributed by atoms with van der Waals surface area (Å²) >= 11 is 0. The Morgan fingerprint density at radius 2 is 2.09 bits per heavy atom. The number of hydrogen-bond acceptors (Lipinski definition) is 4. The van der Waals surface area contributed by atoms with Crippen molar-refractivity contribution in [1.82, 2.24) is 10.6 Å². The van der Waals surface area contributed by atoms with E-state index in [9.17, 15) is 0 Å². The Morgan fingerprint density at radius 1 is 1.45 bits per heavy atom. The highest BCUT2D eigenvalue weighted by Gasteiger charge is 2.16. The second kappa shape index (κ2) is 3.18. The van der Waals surface area contributed by atoms with Gasteiger partial charge < -0.3 is 10.6 Å². The van der Waals surface area contributed by atoms with Crippen molar-refractivity contribution in [2.45, 2.75) is 20.0 Å². The Kier molecular flexibility index (Phi) is 2.25. The van der Waals surface area contributed by atoms with Gasteiger partial charge in [0.2, 0.25) is 0 Å². The lowest BCUT2D eigenvalue weighted by molar-refractivity contribution is 0.600. The van der Waals surface area contributed by atoms with E-state index in [1.807, 2.05) is 13.8 Å². The quantitative estimate of drug-likeness (QED) is 0.564. The normalized spacial score (nSPS) is 23.6. The summed E-state index contributed by atoms with van der Waals surface area (Å²) in [6.45, 7) is 7.27. The van der Waals surface area contributed by atoms with Crippen molar-refractivity contribution in [3.63, 3.8) is 0 Å². The van der Waals surface area contributed by atoms with Crippen LogP contribution in [0.2, 0.25) is 0 Å². The van der Waals surface area contributed by atoms with Crippen molar-refractivity contribution in [2.24, 2.45) is 9.98 Å². The first kappa shape index (κ1) is 7.78. The highest BCUT2D eigenvalue weighted by Crippen LogP contribution is 2.08. The Labute approximate surface area is 66.1 Å². The van der Waals surface area contributed by atoms with Crippen LogP contribution in [0.15, 0.2) is 21.6 Å². The van der Waals surface area contributed by atoms with Crippen molar-refractivity contribution < 1.29 is 0 Å². The molecule has 1 atom stereocenters. The molecule has 11 heavy (non-hydrogen) atoms. The fraction of sp³-hybridized carbons (Fsp3) is 0.429. The van der Waals surface area contributed by atoms with Crippen molar-refractivity contribution in [2.75, 3.05) is 0 Å². The van der Waals surface area contributed by atoms with Crippen LogP contribution in [0.5, 0.6) is 0 Å². The molecule has 0 aromatic carbocycles. The summed E-state index contributed by atoms with van der Waals surface area (Å²) in [5.41, 5.74) is 0. The maximum absolute atomic E-state index is 4.07. The molecule has 0 aromatic rings. The molecule has 0 bridgehead atoms. The monoisotopic (exact) mass is 152 g/mol. The number of nitrogens with one attached hydrogen (secondary N) is 2. The predicted molar refractivity (Wildman–Crippen MR) is 46.5 cm³/mol. The first-order valence-electron chi connectivity index (χ1n) is 3.50. The Morgan fingerprint density at radius 3 is 2.64 bits per heavy atom. The summed E-state index contributed by atoms with van der Waals surface area (Å²) in [6.07, 6.45) is 1.90. The van der Waals surface area contributed by atoms with E-state index < -0.39 is 0 Å². The number of aliphatic imine (C=N–C) groups is 2. The second-order valence-electron chi connectivity index (χ2n) is 2.25. The van der Waals surface area contributed by atoms with Gasteiger partial charge in [-0.2, -0.15) is 0 Å². The van der Waals surface area contributed by atoms with Gasteiger partial charge in [0.15, 0.2) is 11.6 Å². The van der Waals surface area contributed by atoms with Crippen LogP contribution in [0.3, 0.4) is 0 Å². The molecular formula is C7H12N4. The molecule has 0 fully saturated rings. The minimum atomic E-state index is 0.189. The van der Waals surface area contributed by atoms with E-state index in [0.29, 0.717) is 0 Å².